The minimum atomic E-state index is 0. The summed E-state index contributed by atoms with van der Waals surface area (Å²) in [4.78, 5) is 2.52. The second kappa shape index (κ2) is 6.41. The third kappa shape index (κ3) is 4.65. The second-order valence-electron chi connectivity index (χ2n) is 3.83. The molecular weight excluding hydrogens is 184 g/mol. The standard InChI is InChI=1S/C10H20N2.ClH/c1-9(2)4-6-12-7-5-11-8-10(12)3;/h4,10-11H,5-8H2,1-3H3;1H. The molecule has 1 saturated heterocycles. The van der Waals surface area contributed by atoms with Gasteiger partial charge in [0, 0.05) is 32.2 Å². The van der Waals surface area contributed by atoms with E-state index in [-0.39, 0.29) is 12.4 Å². The molecule has 1 N–H and O–H groups in total. The van der Waals surface area contributed by atoms with Gasteiger partial charge in [-0.25, -0.2) is 0 Å². The highest BCUT2D eigenvalue weighted by Gasteiger charge is 2.15. The van der Waals surface area contributed by atoms with Gasteiger partial charge in [-0.15, -0.1) is 12.4 Å². The number of hydrogen-bond donors (Lipinski definition) is 1. The van der Waals surface area contributed by atoms with Gasteiger partial charge in [0.15, 0.2) is 0 Å². The van der Waals surface area contributed by atoms with E-state index < -0.39 is 0 Å². The predicted octanol–water partition coefficient (Wildman–Crippen LogP) is 1.67. The molecule has 0 aromatic heterocycles. The van der Waals surface area contributed by atoms with E-state index in [2.05, 4.69) is 37.1 Å². The lowest BCUT2D eigenvalue weighted by Crippen LogP contribution is -2.49. The van der Waals surface area contributed by atoms with Crippen molar-refractivity contribution in [2.24, 2.45) is 0 Å². The summed E-state index contributed by atoms with van der Waals surface area (Å²) < 4.78 is 0. The first-order chi connectivity index (χ1) is 5.70. The average Bonchev–Trinajstić information content (AvgIpc) is 2.03. The summed E-state index contributed by atoms with van der Waals surface area (Å²) in [6.07, 6.45) is 2.31. The molecule has 1 atom stereocenters. The van der Waals surface area contributed by atoms with Gasteiger partial charge in [0.2, 0.25) is 0 Å². The molecule has 13 heavy (non-hydrogen) atoms. The minimum Gasteiger partial charge on any atom is -0.314 e. The number of nitrogens with one attached hydrogen (secondary N) is 1. The van der Waals surface area contributed by atoms with E-state index in [4.69, 9.17) is 0 Å². The molecular formula is C10H21ClN2. The maximum absolute atomic E-state index is 3.39. The fourth-order valence-electron chi connectivity index (χ4n) is 1.45. The Morgan fingerprint density at radius 2 is 2.23 bits per heavy atom. The van der Waals surface area contributed by atoms with Crippen LogP contribution in [0, 0.1) is 0 Å². The van der Waals surface area contributed by atoms with Gasteiger partial charge >= 0.3 is 0 Å². The Morgan fingerprint density at radius 1 is 1.54 bits per heavy atom. The maximum Gasteiger partial charge on any atom is 0.0196 e. The van der Waals surface area contributed by atoms with Crippen LogP contribution in [0.2, 0.25) is 0 Å². The van der Waals surface area contributed by atoms with Crippen LogP contribution in [0.4, 0.5) is 0 Å². The van der Waals surface area contributed by atoms with Crippen molar-refractivity contribution in [1.29, 1.82) is 0 Å². The topological polar surface area (TPSA) is 15.3 Å². The number of rotatable bonds is 2. The van der Waals surface area contributed by atoms with E-state index in [1.165, 1.54) is 12.1 Å². The largest absolute Gasteiger partial charge is 0.314 e. The predicted molar refractivity (Wildman–Crippen MR) is 60.6 cm³/mol. The monoisotopic (exact) mass is 204 g/mol. The summed E-state index contributed by atoms with van der Waals surface area (Å²) in [5.74, 6) is 0. The summed E-state index contributed by atoms with van der Waals surface area (Å²) in [5, 5.41) is 3.39. The molecule has 1 aliphatic heterocycles. The Morgan fingerprint density at radius 3 is 2.77 bits per heavy atom. The van der Waals surface area contributed by atoms with Crippen LogP contribution in [0.3, 0.4) is 0 Å². The molecule has 0 amide bonds. The first-order valence-corrected chi connectivity index (χ1v) is 4.78. The van der Waals surface area contributed by atoms with Gasteiger partial charge in [-0.2, -0.15) is 0 Å². The van der Waals surface area contributed by atoms with E-state index in [0.29, 0.717) is 6.04 Å². The van der Waals surface area contributed by atoms with Crippen molar-refractivity contribution in [1.82, 2.24) is 10.2 Å². The van der Waals surface area contributed by atoms with Crippen molar-refractivity contribution in [3.63, 3.8) is 0 Å². The highest BCUT2D eigenvalue weighted by molar-refractivity contribution is 5.85. The molecule has 0 spiro atoms. The zero-order valence-electron chi connectivity index (χ0n) is 8.84. The summed E-state index contributed by atoms with van der Waals surface area (Å²) >= 11 is 0. The first kappa shape index (κ1) is 12.9. The molecule has 1 aliphatic rings. The molecule has 1 heterocycles. The number of nitrogens with zero attached hydrogens (tertiary/aromatic N) is 1. The fraction of sp³-hybridized carbons (Fsp3) is 0.800. The van der Waals surface area contributed by atoms with Crippen molar-refractivity contribution < 1.29 is 0 Å². The Labute approximate surface area is 87.8 Å². The Bertz CT molecular complexity index is 164. The molecule has 0 radical (unpaired) electrons. The van der Waals surface area contributed by atoms with E-state index in [9.17, 15) is 0 Å². The van der Waals surface area contributed by atoms with E-state index >= 15 is 0 Å². The van der Waals surface area contributed by atoms with Crippen LogP contribution in [0.15, 0.2) is 11.6 Å². The smallest absolute Gasteiger partial charge is 0.0196 e. The molecule has 0 aliphatic carbocycles. The lowest BCUT2D eigenvalue weighted by molar-refractivity contribution is 0.192. The molecule has 78 valence electrons. The molecule has 0 aromatic carbocycles. The first-order valence-electron chi connectivity index (χ1n) is 4.78. The highest BCUT2D eigenvalue weighted by Crippen LogP contribution is 2.02. The number of allylic oxidation sites excluding steroid dienone is 1. The van der Waals surface area contributed by atoms with Gasteiger partial charge in [0.25, 0.3) is 0 Å². The van der Waals surface area contributed by atoms with Crippen LogP contribution < -0.4 is 5.32 Å². The molecule has 1 fully saturated rings. The summed E-state index contributed by atoms with van der Waals surface area (Å²) in [5.41, 5.74) is 1.42. The van der Waals surface area contributed by atoms with Crippen molar-refractivity contribution >= 4 is 12.4 Å². The number of hydrogen-bond acceptors (Lipinski definition) is 2. The zero-order valence-corrected chi connectivity index (χ0v) is 9.66. The van der Waals surface area contributed by atoms with E-state index in [1.54, 1.807) is 0 Å². The molecule has 0 bridgehead atoms. The van der Waals surface area contributed by atoms with Crippen LogP contribution in [0.25, 0.3) is 0 Å². The van der Waals surface area contributed by atoms with Gasteiger partial charge in [-0.1, -0.05) is 11.6 Å². The summed E-state index contributed by atoms with van der Waals surface area (Å²) in [6, 6.07) is 0.689. The third-order valence-corrected chi connectivity index (χ3v) is 2.37. The molecule has 2 nitrogen and oxygen atoms in total. The lowest BCUT2D eigenvalue weighted by atomic mass is 10.2. The van der Waals surface area contributed by atoms with Crippen LogP contribution in [0.1, 0.15) is 20.8 Å². The number of halogens is 1. The maximum atomic E-state index is 3.39. The number of piperazine rings is 1. The second-order valence-corrected chi connectivity index (χ2v) is 3.83. The van der Waals surface area contributed by atoms with Crippen molar-refractivity contribution in [3.8, 4) is 0 Å². The lowest BCUT2D eigenvalue weighted by Gasteiger charge is -2.33. The van der Waals surface area contributed by atoms with Crippen molar-refractivity contribution in [3.05, 3.63) is 11.6 Å². The Kier molecular flexibility index (Phi) is 6.39. The van der Waals surface area contributed by atoms with E-state index in [1.807, 2.05) is 0 Å². The summed E-state index contributed by atoms with van der Waals surface area (Å²) in [6.45, 7) is 11.2. The van der Waals surface area contributed by atoms with Gasteiger partial charge < -0.3 is 5.32 Å². The van der Waals surface area contributed by atoms with Gasteiger partial charge in [0.05, 0.1) is 0 Å². The van der Waals surface area contributed by atoms with Gasteiger partial charge in [-0.3, -0.25) is 4.90 Å². The van der Waals surface area contributed by atoms with E-state index in [0.717, 1.165) is 19.6 Å². The quantitative estimate of drug-likeness (QED) is 0.689. The van der Waals surface area contributed by atoms with Gasteiger partial charge in [0.1, 0.15) is 0 Å². The molecule has 0 saturated carbocycles. The molecule has 1 rings (SSSR count). The van der Waals surface area contributed by atoms with Crippen LogP contribution >= 0.6 is 12.4 Å². The minimum absolute atomic E-state index is 0. The Hall–Kier alpha value is -0.0500. The SMILES string of the molecule is CC(C)=CCN1CCNCC1C.Cl. The van der Waals surface area contributed by atoms with Crippen LogP contribution in [-0.4, -0.2) is 37.1 Å². The Balaban J connectivity index is 0.00000144. The van der Waals surface area contributed by atoms with Gasteiger partial charge in [-0.05, 0) is 20.8 Å². The molecule has 1 unspecified atom stereocenters. The fourth-order valence-corrected chi connectivity index (χ4v) is 1.45. The zero-order chi connectivity index (χ0) is 8.97. The third-order valence-electron chi connectivity index (χ3n) is 2.37. The average molecular weight is 205 g/mol. The highest BCUT2D eigenvalue weighted by atomic mass is 35.5. The van der Waals surface area contributed by atoms with Crippen LogP contribution in [-0.2, 0) is 0 Å². The molecule has 0 aromatic rings. The summed E-state index contributed by atoms with van der Waals surface area (Å²) in [7, 11) is 0. The van der Waals surface area contributed by atoms with Crippen molar-refractivity contribution in [2.75, 3.05) is 26.2 Å². The molecule has 3 heteroatoms. The van der Waals surface area contributed by atoms with Crippen LogP contribution in [0.5, 0.6) is 0 Å². The normalized spacial score (nSPS) is 23.5. The van der Waals surface area contributed by atoms with Crippen molar-refractivity contribution in [2.45, 2.75) is 26.8 Å².